The van der Waals surface area contributed by atoms with Crippen LogP contribution in [0.4, 0.5) is 0 Å². The van der Waals surface area contributed by atoms with E-state index in [9.17, 15) is 29.4 Å². The fourth-order valence-electron chi connectivity index (χ4n) is 1.96. The van der Waals surface area contributed by atoms with Crippen molar-refractivity contribution in [3.63, 3.8) is 0 Å². The molecule has 0 saturated carbocycles. The highest BCUT2D eigenvalue weighted by atomic mass is 16.4. The number of carbonyl (C=O) groups is 4. The molecule has 26 heavy (non-hydrogen) atoms. The average molecular weight is 370 g/mol. The number of rotatable bonds is 10. The minimum atomic E-state index is -1.40. The van der Waals surface area contributed by atoms with Crippen molar-refractivity contribution < 1.29 is 29.4 Å². The van der Waals surface area contributed by atoms with Gasteiger partial charge in [-0.3, -0.25) is 14.4 Å². The first-order chi connectivity index (χ1) is 12.2. The fraction of sp³-hybridized carbons (Fsp3) is 0.500. The number of imidazole rings is 1. The molecule has 0 bridgehead atoms. The lowest BCUT2D eigenvalue weighted by atomic mass is 10.1. The van der Waals surface area contributed by atoms with E-state index in [1.807, 2.05) is 0 Å². The topological polar surface area (TPSA) is 200 Å². The van der Waals surface area contributed by atoms with Gasteiger partial charge in [0.2, 0.25) is 17.7 Å². The molecular weight excluding hydrogens is 348 g/mol. The molecule has 3 atom stereocenters. The van der Waals surface area contributed by atoms with E-state index in [-0.39, 0.29) is 13.0 Å². The van der Waals surface area contributed by atoms with E-state index in [2.05, 4.69) is 25.9 Å². The number of aliphatic hydroxyl groups excluding tert-OH is 1. The largest absolute Gasteiger partial charge is 0.480 e. The van der Waals surface area contributed by atoms with Gasteiger partial charge < -0.3 is 36.9 Å². The first-order valence-corrected chi connectivity index (χ1v) is 7.69. The second-order valence-electron chi connectivity index (χ2n) is 5.45. The van der Waals surface area contributed by atoms with Crippen LogP contribution in [-0.2, 0) is 25.6 Å². The molecule has 3 unspecified atom stereocenters. The number of aliphatic carboxylic acids is 1. The van der Waals surface area contributed by atoms with E-state index in [1.54, 1.807) is 0 Å². The van der Waals surface area contributed by atoms with E-state index in [0.717, 1.165) is 0 Å². The number of amides is 3. The number of aromatic amines is 1. The number of carbonyl (C=O) groups excluding carboxylic acids is 3. The summed E-state index contributed by atoms with van der Waals surface area (Å²) in [5.41, 5.74) is 5.57. The molecule has 1 rings (SSSR count). The highest BCUT2D eigenvalue weighted by molar-refractivity contribution is 5.92. The van der Waals surface area contributed by atoms with Crippen LogP contribution in [0.25, 0.3) is 0 Å². The summed E-state index contributed by atoms with van der Waals surface area (Å²) in [6, 6.07) is -2.70. The summed E-state index contributed by atoms with van der Waals surface area (Å²) in [6.07, 6.45) is 1.42. The van der Waals surface area contributed by atoms with Gasteiger partial charge in [0, 0.05) is 18.3 Å². The van der Waals surface area contributed by atoms with Crippen LogP contribution in [0, 0.1) is 0 Å². The van der Waals surface area contributed by atoms with Gasteiger partial charge in [-0.1, -0.05) is 0 Å². The number of carboxylic acids is 1. The predicted octanol–water partition coefficient (Wildman–Crippen LogP) is -3.54. The molecule has 0 aliphatic rings. The third-order valence-electron chi connectivity index (χ3n) is 3.31. The second kappa shape index (κ2) is 10.1. The maximum Gasteiger partial charge on any atom is 0.326 e. The van der Waals surface area contributed by atoms with E-state index in [0.29, 0.717) is 5.69 Å². The smallest absolute Gasteiger partial charge is 0.326 e. The van der Waals surface area contributed by atoms with Gasteiger partial charge in [0.15, 0.2) is 0 Å². The van der Waals surface area contributed by atoms with Crippen molar-refractivity contribution in [3.8, 4) is 0 Å². The number of hydrogen-bond acceptors (Lipinski definition) is 7. The third kappa shape index (κ3) is 6.86. The third-order valence-corrected chi connectivity index (χ3v) is 3.31. The van der Waals surface area contributed by atoms with Crippen molar-refractivity contribution in [1.29, 1.82) is 0 Å². The van der Waals surface area contributed by atoms with Crippen molar-refractivity contribution >= 4 is 23.7 Å². The molecule has 0 aliphatic heterocycles. The molecule has 12 nitrogen and oxygen atoms in total. The molecule has 1 aromatic heterocycles. The van der Waals surface area contributed by atoms with Crippen LogP contribution in [0.3, 0.4) is 0 Å². The Bertz CT molecular complexity index is 632. The SMILES string of the molecule is CC(O)C(NC(=O)CNC(=O)CN)C(=O)NC(Cc1cnc[nH]1)C(=O)O. The number of hydrogen-bond donors (Lipinski definition) is 7. The summed E-state index contributed by atoms with van der Waals surface area (Å²) >= 11 is 0. The van der Waals surface area contributed by atoms with E-state index >= 15 is 0 Å². The summed E-state index contributed by atoms with van der Waals surface area (Å²) in [5.74, 6) is -3.48. The van der Waals surface area contributed by atoms with E-state index in [4.69, 9.17) is 5.73 Å². The number of carboxylic acid groups (broad SMARTS) is 1. The van der Waals surface area contributed by atoms with Gasteiger partial charge in [-0.15, -0.1) is 0 Å². The van der Waals surface area contributed by atoms with Crippen LogP contribution in [0.5, 0.6) is 0 Å². The first kappa shape index (κ1) is 21.1. The van der Waals surface area contributed by atoms with Gasteiger partial charge in [-0.25, -0.2) is 9.78 Å². The van der Waals surface area contributed by atoms with Crippen LogP contribution in [0.1, 0.15) is 12.6 Å². The maximum absolute atomic E-state index is 12.3. The molecule has 0 saturated heterocycles. The number of nitrogens with two attached hydrogens (primary N) is 1. The summed E-state index contributed by atoms with van der Waals surface area (Å²) in [7, 11) is 0. The Hall–Kier alpha value is -2.99. The molecule has 0 fully saturated rings. The maximum atomic E-state index is 12.3. The zero-order valence-electron chi connectivity index (χ0n) is 14.1. The van der Waals surface area contributed by atoms with Crippen molar-refractivity contribution in [2.24, 2.45) is 5.73 Å². The standard InChI is InChI=1S/C14H22N6O6/c1-7(21)12(20-11(23)5-17-10(22)3-15)13(24)19-9(14(25)26)2-8-4-16-6-18-8/h4,6-7,9,12,21H,2-3,5,15H2,1H3,(H,16,18)(H,17,22)(H,19,24)(H,20,23)(H,25,26). The minimum absolute atomic E-state index is 0.0614. The predicted molar refractivity (Wildman–Crippen MR) is 87.5 cm³/mol. The molecule has 1 heterocycles. The summed E-state index contributed by atoms with van der Waals surface area (Å²) < 4.78 is 0. The highest BCUT2D eigenvalue weighted by Crippen LogP contribution is 2.01. The number of aliphatic hydroxyl groups is 1. The zero-order chi connectivity index (χ0) is 19.7. The lowest BCUT2D eigenvalue weighted by molar-refractivity contribution is -0.142. The van der Waals surface area contributed by atoms with Crippen molar-refractivity contribution in [3.05, 3.63) is 18.2 Å². The lowest BCUT2D eigenvalue weighted by Gasteiger charge is -2.23. The van der Waals surface area contributed by atoms with Gasteiger partial charge in [0.1, 0.15) is 12.1 Å². The molecule has 3 amide bonds. The first-order valence-electron chi connectivity index (χ1n) is 7.69. The Kier molecular flexibility index (Phi) is 8.18. The molecule has 1 aromatic rings. The normalized spacial score (nSPS) is 14.0. The Morgan fingerprint density at radius 1 is 1.27 bits per heavy atom. The van der Waals surface area contributed by atoms with Crippen LogP contribution in [0.2, 0.25) is 0 Å². The van der Waals surface area contributed by atoms with Crippen molar-refractivity contribution in [2.75, 3.05) is 13.1 Å². The van der Waals surface area contributed by atoms with Gasteiger partial charge in [0.25, 0.3) is 0 Å². The Morgan fingerprint density at radius 2 is 1.96 bits per heavy atom. The van der Waals surface area contributed by atoms with Crippen molar-refractivity contribution in [1.82, 2.24) is 25.9 Å². The monoisotopic (exact) mass is 370 g/mol. The summed E-state index contributed by atoms with van der Waals surface area (Å²) in [6.45, 7) is 0.512. The number of H-pyrrole nitrogens is 1. The van der Waals surface area contributed by atoms with Crippen LogP contribution in [-0.4, -0.2) is 75.1 Å². The number of aromatic nitrogens is 2. The highest BCUT2D eigenvalue weighted by Gasteiger charge is 2.30. The lowest BCUT2D eigenvalue weighted by Crippen LogP contribution is -2.57. The van der Waals surface area contributed by atoms with Crippen LogP contribution >= 0.6 is 0 Å². The molecular formula is C14H22N6O6. The molecule has 144 valence electrons. The van der Waals surface area contributed by atoms with Gasteiger partial charge in [0.05, 0.1) is 25.5 Å². The Balaban J connectivity index is 2.69. The molecule has 0 radical (unpaired) electrons. The number of nitrogens with zero attached hydrogens (tertiary/aromatic N) is 1. The van der Waals surface area contributed by atoms with Gasteiger partial charge >= 0.3 is 5.97 Å². The fourth-order valence-corrected chi connectivity index (χ4v) is 1.96. The van der Waals surface area contributed by atoms with Crippen LogP contribution in [0.15, 0.2) is 12.5 Å². The van der Waals surface area contributed by atoms with E-state index < -0.39 is 48.4 Å². The molecule has 0 aromatic carbocycles. The average Bonchev–Trinajstić information content (AvgIpc) is 3.09. The Morgan fingerprint density at radius 3 is 2.46 bits per heavy atom. The van der Waals surface area contributed by atoms with Crippen LogP contribution < -0.4 is 21.7 Å². The zero-order valence-corrected chi connectivity index (χ0v) is 14.1. The minimum Gasteiger partial charge on any atom is -0.480 e. The van der Waals surface area contributed by atoms with Gasteiger partial charge in [-0.2, -0.15) is 0 Å². The quantitative estimate of drug-likeness (QED) is 0.219. The second-order valence-corrected chi connectivity index (χ2v) is 5.45. The molecule has 8 N–H and O–H groups in total. The van der Waals surface area contributed by atoms with Crippen molar-refractivity contribution in [2.45, 2.75) is 31.5 Å². The van der Waals surface area contributed by atoms with E-state index in [1.165, 1.54) is 19.4 Å². The molecule has 12 heteroatoms. The molecule has 0 aliphatic carbocycles. The molecule has 0 spiro atoms. The summed E-state index contributed by atoms with van der Waals surface area (Å²) in [5, 5.41) is 25.6. The van der Waals surface area contributed by atoms with Gasteiger partial charge in [-0.05, 0) is 6.92 Å². The Labute approximate surface area is 148 Å². The summed E-state index contributed by atoms with van der Waals surface area (Å²) in [4.78, 5) is 52.9. The number of nitrogens with one attached hydrogen (secondary N) is 4.